The number of nitrogens with zero attached hydrogens (tertiary/aromatic N) is 1. The van der Waals surface area contributed by atoms with Crippen LogP contribution in [0.2, 0.25) is 0 Å². The number of thioether (sulfide) groups is 1. The molecule has 7 heteroatoms. The number of aliphatic imine (C=N–C) groups is 1. The van der Waals surface area contributed by atoms with Gasteiger partial charge in [0.15, 0.2) is 5.96 Å². The van der Waals surface area contributed by atoms with Crippen LogP contribution < -0.4 is 20.1 Å². The monoisotopic (exact) mass is 467 g/mol. The number of benzene rings is 1. The van der Waals surface area contributed by atoms with Gasteiger partial charge in [-0.25, -0.2) is 0 Å². The van der Waals surface area contributed by atoms with Gasteiger partial charge in [-0.1, -0.05) is 6.07 Å². The maximum absolute atomic E-state index is 5.89. The van der Waals surface area contributed by atoms with E-state index in [1.807, 2.05) is 43.0 Å². The smallest absolute Gasteiger partial charge is 0.191 e. The van der Waals surface area contributed by atoms with E-state index < -0.39 is 0 Å². The molecule has 0 aliphatic carbocycles. The highest BCUT2D eigenvalue weighted by Crippen LogP contribution is 2.20. The SMILES string of the molecule is CN=C(NCC(C)Oc1cccc(OC)c1)NCC(C)(C)SC.I. The fraction of sp³-hybridized carbons (Fsp3) is 0.588. The fourth-order valence-electron chi connectivity index (χ4n) is 1.78. The third-order valence-electron chi connectivity index (χ3n) is 3.39. The summed E-state index contributed by atoms with van der Waals surface area (Å²) < 4.78 is 11.3. The van der Waals surface area contributed by atoms with E-state index in [-0.39, 0.29) is 34.8 Å². The van der Waals surface area contributed by atoms with Gasteiger partial charge in [0.05, 0.1) is 13.7 Å². The van der Waals surface area contributed by atoms with Crippen LogP contribution in [0.15, 0.2) is 29.3 Å². The van der Waals surface area contributed by atoms with E-state index in [1.54, 1.807) is 14.2 Å². The highest BCUT2D eigenvalue weighted by Gasteiger charge is 2.16. The number of hydrogen-bond donors (Lipinski definition) is 2. The number of methoxy groups -OCH3 is 1. The lowest BCUT2D eigenvalue weighted by atomic mass is 10.2. The maximum Gasteiger partial charge on any atom is 0.191 e. The van der Waals surface area contributed by atoms with Gasteiger partial charge in [-0.15, -0.1) is 24.0 Å². The zero-order valence-electron chi connectivity index (χ0n) is 15.4. The summed E-state index contributed by atoms with van der Waals surface area (Å²) in [6, 6.07) is 7.62. The normalized spacial score (nSPS) is 12.8. The molecule has 5 nitrogen and oxygen atoms in total. The Morgan fingerprint density at radius 3 is 2.54 bits per heavy atom. The Kier molecular flexibility index (Phi) is 11.3. The van der Waals surface area contributed by atoms with Crippen molar-refractivity contribution >= 4 is 41.7 Å². The largest absolute Gasteiger partial charge is 0.497 e. The molecular weight excluding hydrogens is 437 g/mol. The summed E-state index contributed by atoms with van der Waals surface area (Å²) in [4.78, 5) is 4.24. The van der Waals surface area contributed by atoms with Crippen molar-refractivity contribution in [3.05, 3.63) is 24.3 Å². The van der Waals surface area contributed by atoms with Gasteiger partial charge in [0.2, 0.25) is 0 Å². The van der Waals surface area contributed by atoms with Gasteiger partial charge in [0, 0.05) is 24.4 Å². The molecule has 0 heterocycles. The molecule has 1 aromatic rings. The van der Waals surface area contributed by atoms with Crippen molar-refractivity contribution in [1.82, 2.24) is 10.6 Å². The predicted octanol–water partition coefficient (Wildman–Crippen LogP) is 3.39. The number of ether oxygens (including phenoxy) is 2. The summed E-state index contributed by atoms with van der Waals surface area (Å²) in [5, 5.41) is 6.63. The van der Waals surface area contributed by atoms with Gasteiger partial charge in [-0.2, -0.15) is 11.8 Å². The van der Waals surface area contributed by atoms with E-state index in [1.165, 1.54) is 0 Å². The van der Waals surface area contributed by atoms with Crippen molar-refractivity contribution in [3.63, 3.8) is 0 Å². The van der Waals surface area contributed by atoms with Crippen molar-refractivity contribution in [1.29, 1.82) is 0 Å². The first-order valence-corrected chi connectivity index (χ1v) is 8.93. The van der Waals surface area contributed by atoms with Crippen LogP contribution in [0.4, 0.5) is 0 Å². The average molecular weight is 467 g/mol. The number of halogens is 1. The summed E-state index contributed by atoms with van der Waals surface area (Å²) in [6.45, 7) is 7.93. The molecule has 1 aromatic carbocycles. The van der Waals surface area contributed by atoms with Crippen LogP contribution in [0.1, 0.15) is 20.8 Å². The fourth-order valence-corrected chi connectivity index (χ4v) is 1.99. The lowest BCUT2D eigenvalue weighted by molar-refractivity contribution is 0.223. The van der Waals surface area contributed by atoms with E-state index in [0.717, 1.165) is 24.0 Å². The third kappa shape index (κ3) is 8.86. The summed E-state index contributed by atoms with van der Waals surface area (Å²) in [5.41, 5.74) is 0. The Labute approximate surface area is 167 Å². The molecule has 0 aliphatic rings. The van der Waals surface area contributed by atoms with Crippen LogP contribution in [0.3, 0.4) is 0 Å². The summed E-state index contributed by atoms with van der Waals surface area (Å²) in [7, 11) is 3.42. The van der Waals surface area contributed by atoms with Gasteiger partial charge in [0.1, 0.15) is 17.6 Å². The second kappa shape index (κ2) is 11.7. The summed E-state index contributed by atoms with van der Waals surface area (Å²) in [6.07, 6.45) is 2.12. The molecular formula is C17H30IN3O2S. The van der Waals surface area contributed by atoms with E-state index in [2.05, 4.69) is 35.7 Å². The minimum absolute atomic E-state index is 0. The standard InChI is InChI=1S/C17H29N3O2S.HI/c1-13(22-15-9-7-8-14(10-15)21-5)11-19-16(18-4)20-12-17(2,3)23-6;/h7-10,13H,11-12H2,1-6H3,(H2,18,19,20);1H. The lowest BCUT2D eigenvalue weighted by Crippen LogP contribution is -2.45. The molecule has 1 rings (SSSR count). The zero-order chi connectivity index (χ0) is 17.3. The van der Waals surface area contributed by atoms with E-state index >= 15 is 0 Å². The van der Waals surface area contributed by atoms with Crippen LogP contribution in [0.25, 0.3) is 0 Å². The van der Waals surface area contributed by atoms with Crippen LogP contribution in [-0.4, -0.2) is 50.3 Å². The Morgan fingerprint density at radius 2 is 1.96 bits per heavy atom. The molecule has 0 aliphatic heterocycles. The number of hydrogen-bond acceptors (Lipinski definition) is 4. The van der Waals surface area contributed by atoms with Gasteiger partial charge in [0.25, 0.3) is 0 Å². The average Bonchev–Trinajstić information content (AvgIpc) is 2.55. The van der Waals surface area contributed by atoms with Crippen LogP contribution in [0, 0.1) is 0 Å². The van der Waals surface area contributed by atoms with Crippen LogP contribution >= 0.6 is 35.7 Å². The Bertz CT molecular complexity index is 512. The molecule has 0 saturated heterocycles. The minimum atomic E-state index is 0. The second-order valence-electron chi connectivity index (χ2n) is 5.88. The molecule has 138 valence electrons. The Morgan fingerprint density at radius 1 is 1.29 bits per heavy atom. The molecule has 1 atom stereocenters. The zero-order valence-corrected chi connectivity index (χ0v) is 18.5. The highest BCUT2D eigenvalue weighted by molar-refractivity contribution is 14.0. The second-order valence-corrected chi connectivity index (χ2v) is 7.39. The first kappa shape index (κ1) is 23.2. The van der Waals surface area contributed by atoms with Crippen molar-refractivity contribution in [2.75, 3.05) is 33.5 Å². The van der Waals surface area contributed by atoms with Crippen molar-refractivity contribution in [3.8, 4) is 11.5 Å². The maximum atomic E-state index is 5.89. The summed E-state index contributed by atoms with van der Waals surface area (Å²) >= 11 is 1.83. The molecule has 1 unspecified atom stereocenters. The number of rotatable bonds is 8. The molecule has 24 heavy (non-hydrogen) atoms. The first-order valence-electron chi connectivity index (χ1n) is 7.70. The van der Waals surface area contributed by atoms with E-state index in [0.29, 0.717) is 6.54 Å². The van der Waals surface area contributed by atoms with Crippen molar-refractivity contribution in [2.24, 2.45) is 4.99 Å². The molecule has 0 spiro atoms. The number of nitrogens with one attached hydrogen (secondary N) is 2. The van der Waals surface area contributed by atoms with Crippen molar-refractivity contribution in [2.45, 2.75) is 31.6 Å². The molecule has 0 bridgehead atoms. The Balaban J connectivity index is 0.00000529. The summed E-state index contributed by atoms with van der Waals surface area (Å²) in [5.74, 6) is 2.37. The van der Waals surface area contributed by atoms with Gasteiger partial charge in [-0.3, -0.25) is 4.99 Å². The number of guanidine groups is 1. The van der Waals surface area contributed by atoms with E-state index in [4.69, 9.17) is 9.47 Å². The molecule has 0 amide bonds. The van der Waals surface area contributed by atoms with Crippen LogP contribution in [-0.2, 0) is 0 Å². The molecule has 0 fully saturated rings. The highest BCUT2D eigenvalue weighted by atomic mass is 127. The molecule has 0 aromatic heterocycles. The minimum Gasteiger partial charge on any atom is -0.497 e. The molecule has 0 saturated carbocycles. The molecule has 0 radical (unpaired) electrons. The van der Waals surface area contributed by atoms with Gasteiger partial charge >= 0.3 is 0 Å². The van der Waals surface area contributed by atoms with E-state index in [9.17, 15) is 0 Å². The Hall–Kier alpha value is -0.830. The first-order chi connectivity index (χ1) is 10.9. The van der Waals surface area contributed by atoms with Gasteiger partial charge < -0.3 is 20.1 Å². The van der Waals surface area contributed by atoms with Crippen molar-refractivity contribution < 1.29 is 9.47 Å². The third-order valence-corrected chi connectivity index (χ3v) is 4.64. The molecule has 2 N–H and O–H groups in total. The van der Waals surface area contributed by atoms with Gasteiger partial charge in [-0.05, 0) is 39.2 Å². The van der Waals surface area contributed by atoms with Crippen LogP contribution in [0.5, 0.6) is 11.5 Å². The lowest BCUT2D eigenvalue weighted by Gasteiger charge is -2.24. The quantitative estimate of drug-likeness (QED) is 0.349. The predicted molar refractivity (Wildman–Crippen MR) is 115 cm³/mol. The topological polar surface area (TPSA) is 54.9 Å².